The van der Waals surface area contributed by atoms with Crippen molar-refractivity contribution in [2.45, 2.75) is 57.6 Å². The second-order valence-electron chi connectivity index (χ2n) is 11.1. The van der Waals surface area contributed by atoms with Crippen molar-refractivity contribution in [3.8, 4) is 0 Å². The number of hydrogen-bond acceptors (Lipinski definition) is 4. The van der Waals surface area contributed by atoms with E-state index in [1.807, 2.05) is 82.3 Å². The van der Waals surface area contributed by atoms with Gasteiger partial charge in [0.05, 0.1) is 10.6 Å². The molecule has 0 saturated carbocycles. The summed E-state index contributed by atoms with van der Waals surface area (Å²) in [6.07, 6.45) is 0.253. The minimum atomic E-state index is -4.17. The third-order valence-electron chi connectivity index (χ3n) is 7.31. The van der Waals surface area contributed by atoms with E-state index in [9.17, 15) is 18.0 Å². The summed E-state index contributed by atoms with van der Waals surface area (Å²) >= 11 is 6.13. The van der Waals surface area contributed by atoms with Crippen LogP contribution >= 0.6 is 11.6 Å². The van der Waals surface area contributed by atoms with Crippen molar-refractivity contribution in [2.24, 2.45) is 0 Å². The fourth-order valence-corrected chi connectivity index (χ4v) is 6.42. The van der Waals surface area contributed by atoms with E-state index in [0.29, 0.717) is 5.02 Å². The second-order valence-corrected chi connectivity index (χ2v) is 13.4. The van der Waals surface area contributed by atoms with Gasteiger partial charge in [-0.15, -0.1) is 0 Å². The molecule has 4 aromatic carbocycles. The summed E-state index contributed by atoms with van der Waals surface area (Å²) in [5.41, 5.74) is 3.87. The summed E-state index contributed by atoms with van der Waals surface area (Å²) in [6, 6.07) is 28.8. The first-order chi connectivity index (χ1) is 21.0. The van der Waals surface area contributed by atoms with Crippen molar-refractivity contribution >= 4 is 39.1 Å². The number of sulfonamides is 1. The number of anilines is 1. The van der Waals surface area contributed by atoms with Gasteiger partial charge in [0.15, 0.2) is 0 Å². The lowest BCUT2D eigenvalue weighted by molar-refractivity contribution is -0.140. The number of carbonyl (C=O) groups excluding carboxylic acids is 2. The molecule has 0 aromatic heterocycles. The van der Waals surface area contributed by atoms with Crippen LogP contribution in [0.25, 0.3) is 0 Å². The lowest BCUT2D eigenvalue weighted by atomic mass is 10.0. The highest BCUT2D eigenvalue weighted by atomic mass is 35.5. The Balaban J connectivity index is 1.81. The Morgan fingerprint density at radius 2 is 1.43 bits per heavy atom. The van der Waals surface area contributed by atoms with Crippen LogP contribution in [0.15, 0.2) is 108 Å². The Morgan fingerprint density at radius 3 is 2.05 bits per heavy atom. The van der Waals surface area contributed by atoms with Gasteiger partial charge < -0.3 is 10.2 Å². The fourth-order valence-electron chi connectivity index (χ4n) is 4.88. The van der Waals surface area contributed by atoms with Crippen LogP contribution in [-0.2, 0) is 32.6 Å². The topological polar surface area (TPSA) is 86.8 Å². The van der Waals surface area contributed by atoms with E-state index < -0.39 is 28.5 Å². The number of nitrogens with zero attached hydrogens (tertiary/aromatic N) is 2. The average Bonchev–Trinajstić information content (AvgIpc) is 2.99. The standard InChI is InChI=1S/C35H38ClN3O4S/c1-25(2)37-35(41)33(22-28-11-6-5-7-12-28)38(23-29-13-9-8-10-27(29)4)34(40)24-39(31-18-16-30(36)17-19-31)44(42,43)32-20-14-26(3)15-21-32/h5-21,25,33H,22-24H2,1-4H3,(H,37,41)/t33-/m1/s1. The van der Waals surface area contributed by atoms with Gasteiger partial charge in [-0.25, -0.2) is 8.42 Å². The maximum absolute atomic E-state index is 14.5. The SMILES string of the molecule is Cc1ccc(S(=O)(=O)N(CC(=O)N(Cc2ccccc2C)[C@H](Cc2ccccc2)C(=O)NC(C)C)c2ccc(Cl)cc2)cc1. The van der Waals surface area contributed by atoms with Crippen LogP contribution < -0.4 is 9.62 Å². The van der Waals surface area contributed by atoms with Gasteiger partial charge in [0.25, 0.3) is 10.0 Å². The van der Waals surface area contributed by atoms with Crippen LogP contribution in [0.1, 0.15) is 36.1 Å². The molecule has 0 bridgehead atoms. The number of hydrogen-bond donors (Lipinski definition) is 1. The molecule has 0 heterocycles. The quantitative estimate of drug-likeness (QED) is 0.198. The Labute approximate surface area is 265 Å². The molecule has 0 radical (unpaired) electrons. The average molecular weight is 632 g/mol. The van der Waals surface area contributed by atoms with E-state index in [0.717, 1.165) is 26.6 Å². The zero-order chi connectivity index (χ0) is 31.9. The lowest BCUT2D eigenvalue weighted by Crippen LogP contribution is -2.54. The first kappa shape index (κ1) is 32.8. The van der Waals surface area contributed by atoms with E-state index >= 15 is 0 Å². The van der Waals surface area contributed by atoms with Gasteiger partial charge in [-0.2, -0.15) is 0 Å². The molecule has 0 aliphatic rings. The van der Waals surface area contributed by atoms with Crippen LogP contribution in [0, 0.1) is 13.8 Å². The number of aryl methyl sites for hydroxylation is 2. The summed E-state index contributed by atoms with van der Waals surface area (Å²) < 4.78 is 29.2. The molecule has 0 aliphatic heterocycles. The summed E-state index contributed by atoms with van der Waals surface area (Å²) in [6.45, 7) is 7.13. The van der Waals surface area contributed by atoms with Crippen LogP contribution in [0.4, 0.5) is 5.69 Å². The fraction of sp³-hybridized carbons (Fsp3) is 0.257. The van der Waals surface area contributed by atoms with Crippen molar-refractivity contribution in [3.05, 3.63) is 130 Å². The molecule has 44 heavy (non-hydrogen) atoms. The molecule has 1 atom stereocenters. The van der Waals surface area contributed by atoms with Crippen LogP contribution in [0.2, 0.25) is 5.02 Å². The van der Waals surface area contributed by atoms with Gasteiger partial charge in [-0.3, -0.25) is 13.9 Å². The molecule has 0 unspecified atom stereocenters. The Morgan fingerprint density at radius 1 is 0.818 bits per heavy atom. The van der Waals surface area contributed by atoms with Crippen LogP contribution in [-0.4, -0.2) is 43.8 Å². The highest BCUT2D eigenvalue weighted by molar-refractivity contribution is 7.92. The molecule has 0 saturated heterocycles. The Bertz CT molecular complexity index is 1680. The number of carbonyl (C=O) groups is 2. The monoisotopic (exact) mass is 631 g/mol. The minimum absolute atomic E-state index is 0.0506. The molecule has 0 fully saturated rings. The van der Waals surface area contributed by atoms with Crippen LogP contribution in [0.3, 0.4) is 0 Å². The molecule has 0 spiro atoms. The molecule has 4 rings (SSSR count). The van der Waals surface area contributed by atoms with Gasteiger partial charge in [-0.1, -0.05) is 83.9 Å². The van der Waals surface area contributed by atoms with Crippen molar-refractivity contribution in [1.82, 2.24) is 10.2 Å². The normalized spacial score (nSPS) is 12.0. The van der Waals surface area contributed by atoms with Crippen molar-refractivity contribution in [2.75, 3.05) is 10.8 Å². The van der Waals surface area contributed by atoms with E-state index in [2.05, 4.69) is 5.32 Å². The molecule has 1 N–H and O–H groups in total. The summed E-state index contributed by atoms with van der Waals surface area (Å²) in [5, 5.41) is 3.40. The lowest BCUT2D eigenvalue weighted by Gasteiger charge is -2.34. The molecule has 2 amide bonds. The number of benzene rings is 4. The summed E-state index contributed by atoms with van der Waals surface area (Å²) in [5.74, 6) is -0.830. The smallest absolute Gasteiger partial charge is 0.264 e. The molecule has 7 nitrogen and oxygen atoms in total. The maximum atomic E-state index is 14.5. The van der Waals surface area contributed by atoms with Gasteiger partial charge in [0.1, 0.15) is 12.6 Å². The maximum Gasteiger partial charge on any atom is 0.264 e. The van der Waals surface area contributed by atoms with Crippen molar-refractivity contribution in [3.63, 3.8) is 0 Å². The Hall–Kier alpha value is -4.14. The number of rotatable bonds is 12. The number of nitrogens with one attached hydrogen (secondary N) is 1. The van der Waals surface area contributed by atoms with E-state index in [1.165, 1.54) is 17.0 Å². The van der Waals surface area contributed by atoms with E-state index in [1.54, 1.807) is 36.4 Å². The molecule has 230 valence electrons. The van der Waals surface area contributed by atoms with E-state index in [4.69, 9.17) is 11.6 Å². The molecule has 9 heteroatoms. The molecule has 4 aromatic rings. The number of halogens is 1. The van der Waals surface area contributed by atoms with Crippen molar-refractivity contribution in [1.29, 1.82) is 0 Å². The van der Waals surface area contributed by atoms with Gasteiger partial charge in [0.2, 0.25) is 11.8 Å². The third kappa shape index (κ3) is 8.27. The first-order valence-electron chi connectivity index (χ1n) is 14.5. The first-order valence-corrected chi connectivity index (χ1v) is 16.3. The van der Waals surface area contributed by atoms with Crippen LogP contribution in [0.5, 0.6) is 0 Å². The summed E-state index contributed by atoms with van der Waals surface area (Å²) in [4.78, 5) is 29.8. The highest BCUT2D eigenvalue weighted by Crippen LogP contribution is 2.27. The van der Waals surface area contributed by atoms with Crippen molar-refractivity contribution < 1.29 is 18.0 Å². The minimum Gasteiger partial charge on any atom is -0.352 e. The number of amides is 2. The predicted octanol–water partition coefficient (Wildman–Crippen LogP) is 6.32. The zero-order valence-electron chi connectivity index (χ0n) is 25.4. The molecular weight excluding hydrogens is 594 g/mol. The van der Waals surface area contributed by atoms with Gasteiger partial charge in [-0.05, 0) is 80.8 Å². The highest BCUT2D eigenvalue weighted by Gasteiger charge is 2.35. The van der Waals surface area contributed by atoms with Gasteiger partial charge in [0, 0.05) is 24.0 Å². The predicted molar refractivity (Wildman–Crippen MR) is 176 cm³/mol. The summed E-state index contributed by atoms with van der Waals surface area (Å²) in [7, 11) is -4.17. The van der Waals surface area contributed by atoms with Gasteiger partial charge >= 0.3 is 0 Å². The third-order valence-corrected chi connectivity index (χ3v) is 9.35. The van der Waals surface area contributed by atoms with E-state index in [-0.39, 0.29) is 35.5 Å². The zero-order valence-corrected chi connectivity index (χ0v) is 27.0. The molecular formula is C35H38ClN3O4S. The largest absolute Gasteiger partial charge is 0.352 e. The second kappa shape index (κ2) is 14.6. The molecule has 0 aliphatic carbocycles. The Kier molecular flexibility index (Phi) is 10.8.